The molecule has 1 saturated carbocycles. The van der Waals surface area contributed by atoms with Crippen molar-refractivity contribution in [2.24, 2.45) is 12.8 Å². The molecule has 2 saturated heterocycles. The second kappa shape index (κ2) is 9.26. The third kappa shape index (κ3) is 4.79. The van der Waals surface area contributed by atoms with Crippen LogP contribution in [0.15, 0.2) is 0 Å². The maximum absolute atomic E-state index is 12.4. The number of halogens is 2. The van der Waals surface area contributed by atoms with E-state index >= 15 is 0 Å². The van der Waals surface area contributed by atoms with E-state index in [1.165, 1.54) is 0 Å². The van der Waals surface area contributed by atoms with Crippen LogP contribution >= 0.6 is 24.8 Å². The van der Waals surface area contributed by atoms with Gasteiger partial charge in [-0.1, -0.05) is 0 Å². The van der Waals surface area contributed by atoms with Crippen LogP contribution in [0, 0.1) is 0 Å². The van der Waals surface area contributed by atoms with Gasteiger partial charge in [-0.15, -0.1) is 35.0 Å². The first-order chi connectivity index (χ1) is 12.5. The maximum atomic E-state index is 12.4. The van der Waals surface area contributed by atoms with Crippen molar-refractivity contribution in [1.82, 2.24) is 29.5 Å². The van der Waals surface area contributed by atoms with Gasteiger partial charge in [0.15, 0.2) is 0 Å². The summed E-state index contributed by atoms with van der Waals surface area (Å²) in [5.74, 6) is 2.63. The molecule has 2 N–H and O–H groups in total. The van der Waals surface area contributed by atoms with Crippen molar-refractivity contribution in [3.63, 3.8) is 0 Å². The number of nitrogens with zero attached hydrogens (tertiary/aromatic N) is 6. The third-order valence-electron chi connectivity index (χ3n) is 6.32. The molecule has 1 amide bonds. The molecule has 8 nitrogen and oxygen atoms in total. The Kier molecular flexibility index (Phi) is 7.72. The second-order valence-corrected chi connectivity index (χ2v) is 8.34. The fourth-order valence-corrected chi connectivity index (χ4v) is 4.08. The fourth-order valence-electron chi connectivity index (χ4n) is 4.08. The van der Waals surface area contributed by atoms with Gasteiger partial charge in [0.25, 0.3) is 0 Å². The lowest BCUT2D eigenvalue weighted by Crippen LogP contribution is -2.48. The van der Waals surface area contributed by atoms with Gasteiger partial charge in [0.1, 0.15) is 11.6 Å². The van der Waals surface area contributed by atoms with Crippen LogP contribution in [0.3, 0.4) is 0 Å². The minimum Gasteiger partial charge on any atom is -0.341 e. The lowest BCUT2D eigenvalue weighted by Gasteiger charge is -2.33. The van der Waals surface area contributed by atoms with Crippen LogP contribution in [0.5, 0.6) is 0 Å². The zero-order chi connectivity index (χ0) is 18.3. The molecule has 0 bridgehead atoms. The summed E-state index contributed by atoms with van der Waals surface area (Å²) < 4.78 is 2.17. The van der Waals surface area contributed by atoms with Gasteiger partial charge < -0.3 is 20.1 Å². The van der Waals surface area contributed by atoms with Crippen molar-refractivity contribution in [2.75, 3.05) is 46.3 Å². The van der Waals surface area contributed by atoms with Gasteiger partial charge >= 0.3 is 0 Å². The number of piperidine rings is 1. The summed E-state index contributed by atoms with van der Waals surface area (Å²) in [5, 5.41) is 8.96. The summed E-state index contributed by atoms with van der Waals surface area (Å²) in [6.45, 7) is 6.82. The Morgan fingerprint density at radius 3 is 2.21 bits per heavy atom. The van der Waals surface area contributed by atoms with E-state index in [1.807, 2.05) is 4.90 Å². The van der Waals surface area contributed by atoms with E-state index in [9.17, 15) is 4.79 Å². The van der Waals surface area contributed by atoms with Crippen LogP contribution in [0.1, 0.15) is 43.3 Å². The SMILES string of the molecule is CN1CCN(Cc2nnc(C3CCN(C(=O)C4(N)CC4)CC3)n2C)CC1.Cl.Cl. The summed E-state index contributed by atoms with van der Waals surface area (Å²) in [6.07, 6.45) is 3.57. The average molecular weight is 434 g/mol. The van der Waals surface area contributed by atoms with Crippen molar-refractivity contribution < 1.29 is 4.79 Å². The van der Waals surface area contributed by atoms with Gasteiger partial charge in [-0.3, -0.25) is 9.69 Å². The zero-order valence-corrected chi connectivity index (χ0v) is 18.5. The van der Waals surface area contributed by atoms with E-state index in [2.05, 4.69) is 38.7 Å². The van der Waals surface area contributed by atoms with Gasteiger partial charge in [0, 0.05) is 52.2 Å². The molecule has 3 heterocycles. The first kappa shape index (κ1) is 23.3. The molecule has 3 aliphatic rings. The number of hydrogen-bond donors (Lipinski definition) is 1. The van der Waals surface area contributed by atoms with Gasteiger partial charge in [-0.2, -0.15) is 0 Å². The number of carbonyl (C=O) groups excluding carboxylic acids is 1. The molecule has 1 aromatic heterocycles. The smallest absolute Gasteiger partial charge is 0.242 e. The maximum Gasteiger partial charge on any atom is 0.242 e. The Bertz CT molecular complexity index is 663. The molecule has 28 heavy (non-hydrogen) atoms. The number of likely N-dealkylation sites (tertiary alicyclic amines) is 1. The van der Waals surface area contributed by atoms with Crippen molar-refractivity contribution >= 4 is 30.7 Å². The molecule has 3 fully saturated rings. The van der Waals surface area contributed by atoms with Crippen LogP contribution in [-0.4, -0.2) is 87.2 Å². The molecule has 0 radical (unpaired) electrons. The summed E-state index contributed by atoms with van der Waals surface area (Å²) in [5.41, 5.74) is 5.52. The predicted octanol–water partition coefficient (Wildman–Crippen LogP) is 0.603. The van der Waals surface area contributed by atoms with Gasteiger partial charge in [-0.25, -0.2) is 0 Å². The number of rotatable bonds is 4. The molecule has 2 aliphatic heterocycles. The summed E-state index contributed by atoms with van der Waals surface area (Å²) >= 11 is 0. The highest BCUT2D eigenvalue weighted by atomic mass is 35.5. The molecular weight excluding hydrogens is 401 g/mol. The quantitative estimate of drug-likeness (QED) is 0.748. The molecule has 10 heteroatoms. The second-order valence-electron chi connectivity index (χ2n) is 8.34. The van der Waals surface area contributed by atoms with E-state index in [1.54, 1.807) is 0 Å². The molecule has 1 aromatic rings. The van der Waals surface area contributed by atoms with Crippen molar-refractivity contribution in [1.29, 1.82) is 0 Å². The largest absolute Gasteiger partial charge is 0.341 e. The fraction of sp³-hybridized carbons (Fsp3) is 0.833. The summed E-state index contributed by atoms with van der Waals surface area (Å²) in [4.78, 5) is 19.2. The lowest BCUT2D eigenvalue weighted by molar-refractivity contribution is -0.134. The number of amides is 1. The molecular formula is C18H33Cl2N7O. The Morgan fingerprint density at radius 2 is 1.64 bits per heavy atom. The highest BCUT2D eigenvalue weighted by molar-refractivity contribution is 5.89. The minimum absolute atomic E-state index is 0. The van der Waals surface area contributed by atoms with E-state index in [0.29, 0.717) is 5.92 Å². The monoisotopic (exact) mass is 433 g/mol. The average Bonchev–Trinajstić information content (AvgIpc) is 3.31. The molecule has 0 aromatic carbocycles. The van der Waals surface area contributed by atoms with Gasteiger partial charge in [-0.05, 0) is 32.7 Å². The van der Waals surface area contributed by atoms with Crippen LogP contribution in [0.4, 0.5) is 0 Å². The van der Waals surface area contributed by atoms with Crippen LogP contribution < -0.4 is 5.73 Å². The molecule has 0 atom stereocenters. The Balaban J connectivity index is 0.00000140. The number of aromatic nitrogens is 3. The van der Waals surface area contributed by atoms with Crippen molar-refractivity contribution in [3.05, 3.63) is 11.6 Å². The summed E-state index contributed by atoms with van der Waals surface area (Å²) in [7, 11) is 4.25. The first-order valence-corrected chi connectivity index (χ1v) is 9.83. The topological polar surface area (TPSA) is 83.5 Å². The number of nitrogens with two attached hydrogens (primary N) is 1. The molecule has 160 valence electrons. The van der Waals surface area contributed by atoms with Crippen LogP contribution in [0.25, 0.3) is 0 Å². The zero-order valence-electron chi connectivity index (χ0n) is 16.8. The van der Waals surface area contributed by atoms with E-state index in [4.69, 9.17) is 5.73 Å². The Labute approximate surface area is 179 Å². The Morgan fingerprint density at radius 1 is 1.04 bits per heavy atom. The molecule has 4 rings (SSSR count). The highest BCUT2D eigenvalue weighted by Crippen LogP contribution is 2.36. The number of likely N-dealkylation sites (N-methyl/N-ethyl adjacent to an activating group) is 1. The standard InChI is InChI=1S/C18H31N7O.2ClH/c1-22-9-11-24(12-10-22)13-15-20-21-16(23(15)2)14-3-7-25(8-4-14)17(26)18(19)5-6-18;;/h14H,3-13,19H2,1-2H3;2*1H. The van der Waals surface area contributed by atoms with E-state index < -0.39 is 5.54 Å². The molecule has 0 unspecified atom stereocenters. The minimum atomic E-state index is -0.548. The van der Waals surface area contributed by atoms with Gasteiger partial charge in [0.05, 0.1) is 12.1 Å². The Hall–Kier alpha value is -0.930. The van der Waals surface area contributed by atoms with Crippen LogP contribution in [0.2, 0.25) is 0 Å². The first-order valence-electron chi connectivity index (χ1n) is 9.83. The summed E-state index contributed by atoms with van der Waals surface area (Å²) in [6, 6.07) is 0. The van der Waals surface area contributed by atoms with E-state index in [-0.39, 0.29) is 30.7 Å². The third-order valence-corrected chi connectivity index (χ3v) is 6.32. The molecule has 1 aliphatic carbocycles. The number of hydrogen-bond acceptors (Lipinski definition) is 6. The van der Waals surface area contributed by atoms with Crippen molar-refractivity contribution in [3.8, 4) is 0 Å². The lowest BCUT2D eigenvalue weighted by atomic mass is 9.95. The number of piperazine rings is 1. The van der Waals surface area contributed by atoms with E-state index in [0.717, 1.165) is 83.1 Å². The number of carbonyl (C=O) groups is 1. The highest BCUT2D eigenvalue weighted by Gasteiger charge is 2.48. The normalized spacial score (nSPS) is 23.0. The van der Waals surface area contributed by atoms with Crippen molar-refractivity contribution in [2.45, 2.75) is 43.7 Å². The van der Waals surface area contributed by atoms with Crippen LogP contribution in [-0.2, 0) is 18.4 Å². The van der Waals surface area contributed by atoms with Gasteiger partial charge in [0.2, 0.25) is 5.91 Å². The predicted molar refractivity (Wildman–Crippen MR) is 113 cm³/mol. The molecule has 0 spiro atoms.